The quantitative estimate of drug-likeness (QED) is 0.0401. The van der Waals surface area contributed by atoms with E-state index in [1.807, 2.05) is 0 Å². The number of ether oxygens (including phenoxy) is 13. The van der Waals surface area contributed by atoms with Crippen LogP contribution in [0.3, 0.4) is 0 Å². The molecule has 6 aliphatic rings. The third-order valence-corrected chi connectivity index (χ3v) is 17.7. The van der Waals surface area contributed by atoms with E-state index >= 15 is 0 Å². The van der Waals surface area contributed by atoms with E-state index in [4.69, 9.17) is 61.6 Å². The molecule has 6 aliphatic heterocycles. The summed E-state index contributed by atoms with van der Waals surface area (Å²) in [5.41, 5.74) is 0. The zero-order chi connectivity index (χ0) is 62.8. The molecule has 6 fully saturated rings. The summed E-state index contributed by atoms with van der Waals surface area (Å²) < 4.78 is 81.9. The third kappa shape index (κ3) is 19.8. The molecule has 9 N–H and O–H groups in total. The molecule has 25 heteroatoms. The van der Waals surface area contributed by atoms with Crippen LogP contribution in [0.4, 0.5) is 0 Å². The summed E-state index contributed by atoms with van der Waals surface area (Å²) in [6.07, 6.45) is -23.4. The van der Waals surface area contributed by atoms with Gasteiger partial charge in [0.1, 0.15) is 79.4 Å². The highest BCUT2D eigenvalue weighted by atomic mass is 16.8. The van der Waals surface area contributed by atoms with Gasteiger partial charge in [0.25, 0.3) is 0 Å². The van der Waals surface area contributed by atoms with Crippen molar-refractivity contribution in [2.45, 2.75) is 356 Å². The van der Waals surface area contributed by atoms with Crippen molar-refractivity contribution in [3.63, 3.8) is 0 Å². The van der Waals surface area contributed by atoms with Crippen molar-refractivity contribution < 1.29 is 122 Å². The Bertz CT molecular complexity index is 1970. The number of hydrogen-bond acceptors (Lipinski definition) is 25. The predicted molar refractivity (Wildman–Crippen MR) is 303 cm³/mol. The number of hydrogen-bond donors (Lipinski definition) is 9. The van der Waals surface area contributed by atoms with E-state index < -0.39 is 184 Å². The number of aliphatic hydroxyl groups excluding tert-OH is 9. The summed E-state index contributed by atoms with van der Waals surface area (Å²) >= 11 is 0. The van der Waals surface area contributed by atoms with Crippen LogP contribution in [0.2, 0.25) is 0 Å². The van der Waals surface area contributed by atoms with Crippen LogP contribution in [0.1, 0.15) is 197 Å². The average molecular weight is 1240 g/mol. The Morgan fingerprint density at radius 2 is 1.06 bits per heavy atom. The van der Waals surface area contributed by atoms with Crippen LogP contribution in [0.15, 0.2) is 0 Å². The predicted octanol–water partition coefficient (Wildman–Crippen LogP) is 3.52. The Kier molecular flexibility index (Phi) is 30.5. The van der Waals surface area contributed by atoms with Gasteiger partial charge < -0.3 is 108 Å². The first-order valence-electron chi connectivity index (χ1n) is 32.3. The molecule has 6 saturated heterocycles. The van der Waals surface area contributed by atoms with Crippen LogP contribution < -0.4 is 0 Å². The lowest BCUT2D eigenvalue weighted by molar-refractivity contribution is -0.400. The van der Waals surface area contributed by atoms with Gasteiger partial charge in [-0.2, -0.15) is 0 Å². The van der Waals surface area contributed by atoms with Crippen LogP contribution in [-0.2, 0) is 76.0 Å². The second-order valence-corrected chi connectivity index (χ2v) is 24.6. The Balaban J connectivity index is 1.36. The van der Waals surface area contributed by atoms with Crippen molar-refractivity contribution in [2.24, 2.45) is 5.92 Å². The first kappa shape index (κ1) is 72.7. The summed E-state index contributed by atoms with van der Waals surface area (Å²) in [4.78, 5) is 41.0. The zero-order valence-corrected chi connectivity index (χ0v) is 51.9. The number of fused-ring (bicyclic) bond motifs is 2. The van der Waals surface area contributed by atoms with Crippen molar-refractivity contribution >= 4 is 17.9 Å². The summed E-state index contributed by atoms with van der Waals surface area (Å²) in [6, 6.07) is 0. The molecule has 0 aromatic carbocycles. The van der Waals surface area contributed by atoms with E-state index in [9.17, 15) is 60.3 Å². The topological polar surface area (TPSA) is 353 Å². The minimum absolute atomic E-state index is 0.0367. The van der Waals surface area contributed by atoms with E-state index in [2.05, 4.69) is 13.8 Å². The Morgan fingerprint density at radius 3 is 1.74 bits per heavy atom. The molecule has 27 atom stereocenters. The Morgan fingerprint density at radius 1 is 0.500 bits per heavy atom. The SMILES string of the molecule is CCCCCCCCCC(=O)O[C@H]1[C@H](O[C@@H]2[C@@H](O)[C@H]3OC(=O)CCCCCCCCC[C@H](CCCCC)O[C@@H]4O[C@H](C)[C@H](O)[C@H](O)[C@H]4O[C@@H]3O[C@H]2C)O[C@@H](C)[C@H](O[C@@H]2O[C@@H](C)[C@H](OC(=O)[C@@H](C)CC)[C@@H](O)[C@H]2O)[C@H]1O[C@@H]1O[C@H](CO)[C@@H](O)[C@H](O)[C@H]1O. The fraction of sp³-hybridized carbons (Fsp3) is 0.951. The zero-order valence-electron chi connectivity index (χ0n) is 51.9. The summed E-state index contributed by atoms with van der Waals surface area (Å²) in [6.45, 7) is 12.9. The van der Waals surface area contributed by atoms with Crippen molar-refractivity contribution in [3.05, 3.63) is 0 Å². The molecule has 6 rings (SSSR count). The molecule has 0 bridgehead atoms. The number of esters is 3. The van der Waals surface area contributed by atoms with Gasteiger partial charge in [-0.05, 0) is 59.8 Å². The second-order valence-electron chi connectivity index (χ2n) is 24.6. The largest absolute Gasteiger partial charge is 0.457 e. The first-order valence-corrected chi connectivity index (χ1v) is 32.3. The first-order chi connectivity index (χ1) is 41.1. The van der Waals surface area contributed by atoms with Crippen molar-refractivity contribution in [1.29, 1.82) is 0 Å². The summed E-state index contributed by atoms with van der Waals surface area (Å²) in [5, 5.41) is 102. The van der Waals surface area contributed by atoms with Crippen molar-refractivity contribution in [3.8, 4) is 0 Å². The normalized spacial score (nSPS) is 42.0. The lowest BCUT2D eigenvalue weighted by Gasteiger charge is -2.51. The van der Waals surface area contributed by atoms with E-state index in [1.54, 1.807) is 20.8 Å². The Labute approximate surface area is 507 Å². The van der Waals surface area contributed by atoms with E-state index in [0.29, 0.717) is 38.5 Å². The fourth-order valence-corrected chi connectivity index (χ4v) is 12.0. The molecule has 0 radical (unpaired) electrons. The molecule has 0 aromatic rings. The van der Waals surface area contributed by atoms with E-state index in [-0.39, 0.29) is 18.9 Å². The minimum atomic E-state index is -2.01. The molecule has 500 valence electrons. The summed E-state index contributed by atoms with van der Waals surface area (Å²) in [7, 11) is 0. The van der Waals surface area contributed by atoms with Gasteiger partial charge in [0.05, 0.1) is 43.0 Å². The van der Waals surface area contributed by atoms with Gasteiger partial charge in [0, 0.05) is 12.8 Å². The average Bonchev–Trinajstić information content (AvgIpc) is 0.936. The summed E-state index contributed by atoms with van der Waals surface area (Å²) in [5.74, 6) is -2.66. The molecular weight excluding hydrogens is 1130 g/mol. The van der Waals surface area contributed by atoms with E-state index in [1.165, 1.54) is 20.8 Å². The standard InChI is InChI=1S/C61H106O25/c1-9-12-14-15-17-21-26-30-40(64)81-55-54(86-58-46(70)43(67)42(66)38(31-62)79-58)51(84-57-47(71)45(69)49(34(6)75-57)82-56(73)32(4)11-3)36(8)77-61(55)83-50-35(7)76-60-53(48(50)72)80-39(63)29-25-22-19-16-18-20-24-28-37(27-23-13-10-2)78-59-52(85-60)44(68)41(65)33(5)74-59/h32-38,41-55,57-62,65-72H,9-31H2,1-8H3/t32-,33+,34-,35-,36-,37-,38+,41-,42+,43-,44-,45-,46+,47+,48+,49-,50-,51-,52+,53+,54+,55+,57-,58-,59-,60-,61-/m0/s1. The van der Waals surface area contributed by atoms with Gasteiger partial charge in [-0.3, -0.25) is 14.4 Å². The van der Waals surface area contributed by atoms with Crippen molar-refractivity contribution in [2.75, 3.05) is 6.61 Å². The Hall–Kier alpha value is -2.35. The van der Waals surface area contributed by atoms with Crippen LogP contribution in [0.5, 0.6) is 0 Å². The van der Waals surface area contributed by atoms with Gasteiger partial charge in [0.15, 0.2) is 49.8 Å². The molecule has 0 amide bonds. The van der Waals surface area contributed by atoms with Gasteiger partial charge >= 0.3 is 17.9 Å². The molecular formula is C61H106O25. The maximum Gasteiger partial charge on any atom is 0.309 e. The molecule has 0 unspecified atom stereocenters. The number of rotatable bonds is 23. The maximum absolute atomic E-state index is 14.3. The number of carbonyl (C=O) groups is 3. The van der Waals surface area contributed by atoms with Crippen LogP contribution >= 0.6 is 0 Å². The molecule has 0 aliphatic carbocycles. The van der Waals surface area contributed by atoms with E-state index in [0.717, 1.165) is 89.9 Å². The van der Waals surface area contributed by atoms with Crippen molar-refractivity contribution in [1.82, 2.24) is 0 Å². The van der Waals surface area contributed by atoms with Gasteiger partial charge in [-0.15, -0.1) is 0 Å². The second kappa shape index (κ2) is 36.0. The lowest BCUT2D eigenvalue weighted by Crippen LogP contribution is -2.68. The number of aliphatic hydroxyl groups is 9. The molecule has 0 aromatic heterocycles. The smallest absolute Gasteiger partial charge is 0.309 e. The van der Waals surface area contributed by atoms with Crippen LogP contribution in [0.25, 0.3) is 0 Å². The molecule has 0 saturated carbocycles. The van der Waals surface area contributed by atoms with Gasteiger partial charge in [-0.25, -0.2) is 0 Å². The monoisotopic (exact) mass is 1240 g/mol. The van der Waals surface area contributed by atoms with Gasteiger partial charge in [-0.1, -0.05) is 124 Å². The molecule has 6 heterocycles. The third-order valence-electron chi connectivity index (χ3n) is 17.7. The fourth-order valence-electron chi connectivity index (χ4n) is 12.0. The lowest BCUT2D eigenvalue weighted by atomic mass is 9.95. The highest BCUT2D eigenvalue weighted by molar-refractivity contribution is 5.72. The van der Waals surface area contributed by atoms with Gasteiger partial charge in [0.2, 0.25) is 0 Å². The van der Waals surface area contributed by atoms with Crippen LogP contribution in [-0.4, -0.2) is 230 Å². The minimum Gasteiger partial charge on any atom is -0.457 e. The highest BCUT2D eigenvalue weighted by Crippen LogP contribution is 2.39. The number of carbonyl (C=O) groups excluding carboxylic acids is 3. The number of unbranched alkanes of at least 4 members (excludes halogenated alkanes) is 8. The molecule has 86 heavy (non-hydrogen) atoms. The molecule has 25 nitrogen and oxygen atoms in total. The maximum atomic E-state index is 14.3. The molecule has 0 spiro atoms. The highest BCUT2D eigenvalue weighted by Gasteiger charge is 2.59. The van der Waals surface area contributed by atoms with Crippen LogP contribution in [0, 0.1) is 5.92 Å².